The van der Waals surface area contributed by atoms with Crippen molar-refractivity contribution in [3.05, 3.63) is 64.9 Å². The van der Waals surface area contributed by atoms with Crippen LogP contribution in [0.4, 0.5) is 10.1 Å². The summed E-state index contributed by atoms with van der Waals surface area (Å²) in [5, 5.41) is 0.759. The van der Waals surface area contributed by atoms with Crippen molar-refractivity contribution < 1.29 is 4.39 Å². The van der Waals surface area contributed by atoms with E-state index in [0.29, 0.717) is 5.92 Å². The molecular weight excluding hydrogens is 273 g/mol. The molecule has 1 aliphatic rings. The smallest absolute Gasteiger partial charge is 0.126 e. The van der Waals surface area contributed by atoms with Gasteiger partial charge in [-0.05, 0) is 54.7 Å². The van der Waals surface area contributed by atoms with Crippen molar-refractivity contribution in [2.24, 2.45) is 0 Å². The fourth-order valence-electron chi connectivity index (χ4n) is 2.91. The minimum Gasteiger partial charge on any atom is -0.371 e. The van der Waals surface area contributed by atoms with Crippen molar-refractivity contribution in [1.29, 1.82) is 0 Å². The lowest BCUT2D eigenvalue weighted by atomic mass is 9.89. The first-order valence-electron chi connectivity index (χ1n) is 6.99. The Bertz CT molecular complexity index is 574. The SMILES string of the molecule is Fc1ccccc1C1CCN(c2ccc(Cl)cc2)CC1. The monoisotopic (exact) mass is 289 g/mol. The summed E-state index contributed by atoms with van der Waals surface area (Å²) >= 11 is 5.91. The van der Waals surface area contributed by atoms with Crippen LogP contribution in [0.15, 0.2) is 48.5 Å². The Morgan fingerprint density at radius 2 is 1.60 bits per heavy atom. The zero-order valence-electron chi connectivity index (χ0n) is 11.2. The fraction of sp³-hybridized carbons (Fsp3) is 0.294. The predicted octanol–water partition coefficient (Wildman–Crippen LogP) is 4.86. The lowest BCUT2D eigenvalue weighted by molar-refractivity contribution is 0.482. The lowest BCUT2D eigenvalue weighted by Gasteiger charge is -2.34. The molecule has 0 unspecified atom stereocenters. The maximum absolute atomic E-state index is 13.8. The van der Waals surface area contributed by atoms with Crippen LogP contribution in [-0.4, -0.2) is 13.1 Å². The third-order valence-corrected chi connectivity index (χ3v) is 4.28. The largest absolute Gasteiger partial charge is 0.371 e. The van der Waals surface area contributed by atoms with E-state index in [4.69, 9.17) is 11.6 Å². The van der Waals surface area contributed by atoms with Crippen molar-refractivity contribution in [3.8, 4) is 0 Å². The van der Waals surface area contributed by atoms with Gasteiger partial charge in [-0.2, -0.15) is 0 Å². The van der Waals surface area contributed by atoms with E-state index >= 15 is 0 Å². The highest BCUT2D eigenvalue weighted by atomic mass is 35.5. The van der Waals surface area contributed by atoms with Crippen molar-refractivity contribution >= 4 is 17.3 Å². The molecule has 1 saturated heterocycles. The van der Waals surface area contributed by atoms with E-state index in [9.17, 15) is 4.39 Å². The third-order valence-electron chi connectivity index (χ3n) is 4.03. The van der Waals surface area contributed by atoms with Gasteiger partial charge in [-0.15, -0.1) is 0 Å². The van der Waals surface area contributed by atoms with Crippen molar-refractivity contribution in [2.75, 3.05) is 18.0 Å². The van der Waals surface area contributed by atoms with E-state index in [0.717, 1.165) is 36.5 Å². The Morgan fingerprint density at radius 1 is 0.950 bits per heavy atom. The van der Waals surface area contributed by atoms with Gasteiger partial charge in [0.05, 0.1) is 0 Å². The second-order valence-corrected chi connectivity index (χ2v) is 5.70. The zero-order valence-corrected chi connectivity index (χ0v) is 12.0. The van der Waals surface area contributed by atoms with Crippen LogP contribution in [0, 0.1) is 5.82 Å². The summed E-state index contributed by atoms with van der Waals surface area (Å²) in [6.45, 7) is 1.92. The maximum atomic E-state index is 13.8. The number of hydrogen-bond donors (Lipinski definition) is 0. The van der Waals surface area contributed by atoms with Gasteiger partial charge >= 0.3 is 0 Å². The van der Waals surface area contributed by atoms with Crippen LogP contribution in [0.5, 0.6) is 0 Å². The Hall–Kier alpha value is -1.54. The molecule has 2 aromatic rings. The summed E-state index contributed by atoms with van der Waals surface area (Å²) in [5.74, 6) is 0.261. The summed E-state index contributed by atoms with van der Waals surface area (Å²) in [5.41, 5.74) is 2.06. The highest BCUT2D eigenvalue weighted by Crippen LogP contribution is 2.32. The summed E-state index contributed by atoms with van der Waals surface area (Å²) < 4.78 is 13.8. The van der Waals surface area contributed by atoms with Gasteiger partial charge in [0.25, 0.3) is 0 Å². The number of anilines is 1. The molecule has 0 N–H and O–H groups in total. The van der Waals surface area contributed by atoms with Crippen LogP contribution in [0.2, 0.25) is 5.02 Å². The number of rotatable bonds is 2. The van der Waals surface area contributed by atoms with Crippen LogP contribution in [0.3, 0.4) is 0 Å². The molecule has 0 saturated carbocycles. The lowest BCUT2D eigenvalue weighted by Crippen LogP contribution is -2.33. The Labute approximate surface area is 124 Å². The van der Waals surface area contributed by atoms with Crippen LogP contribution in [0.1, 0.15) is 24.3 Å². The minimum atomic E-state index is -0.0718. The predicted molar refractivity (Wildman–Crippen MR) is 82.0 cm³/mol. The molecule has 0 radical (unpaired) electrons. The van der Waals surface area contributed by atoms with Gasteiger partial charge < -0.3 is 4.90 Å². The first-order valence-corrected chi connectivity index (χ1v) is 7.37. The standard InChI is InChI=1S/C17H17ClFN/c18-14-5-7-15(8-6-14)20-11-9-13(10-12-20)16-3-1-2-4-17(16)19/h1-8,13H,9-12H2. The minimum absolute atomic E-state index is 0.0718. The third kappa shape index (κ3) is 2.80. The summed E-state index contributed by atoms with van der Waals surface area (Å²) in [6, 6.07) is 15.1. The molecular formula is C17H17ClFN. The molecule has 0 spiro atoms. The Kier molecular flexibility index (Phi) is 3.93. The van der Waals surface area contributed by atoms with Gasteiger partial charge in [0, 0.05) is 23.8 Å². The molecule has 0 aliphatic carbocycles. The molecule has 1 heterocycles. The molecule has 0 bridgehead atoms. The van der Waals surface area contributed by atoms with Gasteiger partial charge in [0.2, 0.25) is 0 Å². The van der Waals surface area contributed by atoms with Crippen LogP contribution < -0.4 is 4.90 Å². The molecule has 20 heavy (non-hydrogen) atoms. The van der Waals surface area contributed by atoms with Crippen molar-refractivity contribution in [2.45, 2.75) is 18.8 Å². The van der Waals surface area contributed by atoms with E-state index in [-0.39, 0.29) is 5.82 Å². The average molecular weight is 290 g/mol. The molecule has 0 aromatic heterocycles. The molecule has 1 nitrogen and oxygen atoms in total. The first kappa shape index (κ1) is 13.4. The van der Waals surface area contributed by atoms with Crippen molar-refractivity contribution in [3.63, 3.8) is 0 Å². The summed E-state index contributed by atoms with van der Waals surface area (Å²) in [7, 11) is 0. The first-order chi connectivity index (χ1) is 9.74. The molecule has 1 aliphatic heterocycles. The Balaban J connectivity index is 1.68. The van der Waals surface area contributed by atoms with Gasteiger partial charge in [-0.25, -0.2) is 4.39 Å². The fourth-order valence-corrected chi connectivity index (χ4v) is 3.03. The Morgan fingerprint density at radius 3 is 2.25 bits per heavy atom. The molecule has 0 atom stereocenters. The number of piperidine rings is 1. The molecule has 0 amide bonds. The van der Waals surface area contributed by atoms with Crippen LogP contribution in [-0.2, 0) is 0 Å². The van der Waals surface area contributed by atoms with E-state index in [1.807, 2.05) is 36.4 Å². The number of benzene rings is 2. The van der Waals surface area contributed by atoms with Crippen LogP contribution in [0.25, 0.3) is 0 Å². The topological polar surface area (TPSA) is 3.24 Å². The zero-order chi connectivity index (χ0) is 13.9. The quantitative estimate of drug-likeness (QED) is 0.763. The second-order valence-electron chi connectivity index (χ2n) is 5.26. The van der Waals surface area contributed by atoms with E-state index < -0.39 is 0 Å². The van der Waals surface area contributed by atoms with E-state index in [2.05, 4.69) is 4.90 Å². The molecule has 1 fully saturated rings. The highest BCUT2D eigenvalue weighted by molar-refractivity contribution is 6.30. The normalized spacial score (nSPS) is 16.4. The second kappa shape index (κ2) is 5.84. The van der Waals surface area contributed by atoms with Crippen LogP contribution >= 0.6 is 11.6 Å². The molecule has 2 aromatic carbocycles. The number of nitrogens with zero attached hydrogens (tertiary/aromatic N) is 1. The highest BCUT2D eigenvalue weighted by Gasteiger charge is 2.22. The van der Waals surface area contributed by atoms with E-state index in [1.54, 1.807) is 12.1 Å². The van der Waals surface area contributed by atoms with Gasteiger partial charge in [0.1, 0.15) is 5.82 Å². The average Bonchev–Trinajstić information content (AvgIpc) is 2.49. The van der Waals surface area contributed by atoms with Crippen molar-refractivity contribution in [1.82, 2.24) is 0 Å². The molecule has 3 heteroatoms. The molecule has 3 rings (SSSR count). The van der Waals surface area contributed by atoms with Gasteiger partial charge in [0.15, 0.2) is 0 Å². The number of halogens is 2. The summed E-state index contributed by atoms with van der Waals surface area (Å²) in [6.07, 6.45) is 1.98. The maximum Gasteiger partial charge on any atom is 0.126 e. The van der Waals surface area contributed by atoms with Gasteiger partial charge in [-0.3, -0.25) is 0 Å². The molecule has 104 valence electrons. The van der Waals surface area contributed by atoms with E-state index in [1.165, 1.54) is 5.69 Å². The summed E-state index contributed by atoms with van der Waals surface area (Å²) in [4.78, 5) is 2.34. The van der Waals surface area contributed by atoms with Gasteiger partial charge in [-0.1, -0.05) is 29.8 Å². The number of hydrogen-bond acceptors (Lipinski definition) is 1.